The molecular weight excluding hydrogens is 324 g/mol. The maximum atomic E-state index is 12.1. The molecule has 0 N–H and O–H groups in total. The molecule has 5 heteroatoms. The lowest BCUT2D eigenvalue weighted by Gasteiger charge is -2.09. The van der Waals surface area contributed by atoms with Crippen LogP contribution < -0.4 is 0 Å². The highest BCUT2D eigenvalue weighted by Gasteiger charge is 2.15. The van der Waals surface area contributed by atoms with Crippen LogP contribution in [0.4, 0.5) is 0 Å². The van der Waals surface area contributed by atoms with Gasteiger partial charge in [-0.25, -0.2) is 8.42 Å². The summed E-state index contributed by atoms with van der Waals surface area (Å²) in [5, 5.41) is 0. The zero-order valence-corrected chi connectivity index (χ0v) is 13.9. The van der Waals surface area contributed by atoms with E-state index >= 15 is 0 Å². The van der Waals surface area contributed by atoms with E-state index in [1.807, 2.05) is 36.4 Å². The van der Waals surface area contributed by atoms with Crippen LogP contribution >= 0.6 is 23.4 Å². The zero-order chi connectivity index (χ0) is 15.1. The zero-order valence-electron chi connectivity index (χ0n) is 11.5. The van der Waals surface area contributed by atoms with Gasteiger partial charge in [0, 0.05) is 4.90 Å². The van der Waals surface area contributed by atoms with Gasteiger partial charge in [-0.05, 0) is 37.1 Å². The molecule has 0 heterocycles. The fourth-order valence-corrected chi connectivity index (χ4v) is 4.60. The predicted octanol–water partition coefficient (Wildman–Crippen LogP) is 4.60. The molecule has 2 rings (SSSR count). The highest BCUT2D eigenvalue weighted by Crippen LogP contribution is 2.29. The molecule has 1 unspecified atom stereocenters. The third-order valence-electron chi connectivity index (χ3n) is 2.95. The van der Waals surface area contributed by atoms with E-state index in [2.05, 4.69) is 0 Å². The van der Waals surface area contributed by atoms with Crippen LogP contribution in [0.3, 0.4) is 0 Å². The smallest absolute Gasteiger partial charge is 0.178 e. The molecule has 112 valence electrons. The maximum Gasteiger partial charge on any atom is 0.178 e. The monoisotopic (exact) mass is 340 g/mol. The molecule has 2 aromatic carbocycles. The van der Waals surface area contributed by atoms with Crippen molar-refractivity contribution in [2.24, 2.45) is 0 Å². The summed E-state index contributed by atoms with van der Waals surface area (Å²) in [4.78, 5) is 1.48. The van der Waals surface area contributed by atoms with Crippen molar-refractivity contribution >= 4 is 33.2 Å². The highest BCUT2D eigenvalue weighted by atomic mass is 35.5. The van der Waals surface area contributed by atoms with E-state index in [1.54, 1.807) is 36.0 Å². The molecule has 0 saturated carbocycles. The first-order valence-electron chi connectivity index (χ1n) is 6.71. The number of thioether (sulfide) groups is 1. The second-order valence-electron chi connectivity index (χ2n) is 4.62. The topological polar surface area (TPSA) is 34.1 Å². The molecule has 0 aliphatic rings. The van der Waals surface area contributed by atoms with Gasteiger partial charge in [-0.15, -0.1) is 23.4 Å². The summed E-state index contributed by atoms with van der Waals surface area (Å²) in [6.45, 7) is 0. The Hall–Kier alpha value is -0.970. The fourth-order valence-electron chi connectivity index (χ4n) is 1.89. The van der Waals surface area contributed by atoms with E-state index in [1.165, 1.54) is 0 Å². The van der Waals surface area contributed by atoms with E-state index in [0.717, 1.165) is 4.90 Å². The van der Waals surface area contributed by atoms with Crippen LogP contribution in [-0.4, -0.2) is 18.9 Å². The lowest BCUT2D eigenvalue weighted by Crippen LogP contribution is -2.08. The molecule has 0 bridgehead atoms. The first-order valence-corrected chi connectivity index (χ1v) is 9.68. The summed E-state index contributed by atoms with van der Waals surface area (Å²) in [5.41, 5.74) is 0. The predicted molar refractivity (Wildman–Crippen MR) is 89.7 cm³/mol. The van der Waals surface area contributed by atoms with Crippen molar-refractivity contribution in [3.05, 3.63) is 60.7 Å². The summed E-state index contributed by atoms with van der Waals surface area (Å²) in [6, 6.07) is 18.4. The minimum absolute atomic E-state index is 0.113. The van der Waals surface area contributed by atoms with Crippen molar-refractivity contribution in [3.8, 4) is 0 Å². The van der Waals surface area contributed by atoms with Gasteiger partial charge >= 0.3 is 0 Å². The first-order chi connectivity index (χ1) is 10.1. The van der Waals surface area contributed by atoms with Gasteiger partial charge in [0.25, 0.3) is 0 Å². The molecule has 2 nitrogen and oxygen atoms in total. The third-order valence-corrected chi connectivity index (χ3v) is 6.29. The summed E-state index contributed by atoms with van der Waals surface area (Å²) in [7, 11) is -3.20. The van der Waals surface area contributed by atoms with Crippen molar-refractivity contribution in [1.82, 2.24) is 0 Å². The Balaban J connectivity index is 1.81. The number of rotatable bonds is 7. The van der Waals surface area contributed by atoms with E-state index in [0.29, 0.717) is 17.7 Å². The van der Waals surface area contributed by atoms with Crippen LogP contribution in [-0.2, 0) is 9.84 Å². The first kappa shape index (κ1) is 16.4. The molecule has 0 aliphatic carbocycles. The Bertz CT molecular complexity index is 642. The molecular formula is C16H17ClO2S2. The maximum absolute atomic E-state index is 12.1. The Labute approximate surface area is 135 Å². The Morgan fingerprint density at radius 1 is 0.952 bits per heavy atom. The van der Waals surface area contributed by atoms with Gasteiger partial charge in [0.15, 0.2) is 9.84 Å². The second-order valence-corrected chi connectivity index (χ2v) is 8.79. The molecule has 0 saturated heterocycles. The van der Waals surface area contributed by atoms with Gasteiger partial charge in [0.1, 0.15) is 0 Å². The molecule has 0 aromatic heterocycles. The Morgan fingerprint density at radius 2 is 1.52 bits per heavy atom. The normalized spacial score (nSPS) is 13.0. The number of hydrogen-bond acceptors (Lipinski definition) is 3. The summed E-state index contributed by atoms with van der Waals surface area (Å²) in [6.07, 6.45) is 1.22. The van der Waals surface area contributed by atoms with E-state index in [9.17, 15) is 8.42 Å². The van der Waals surface area contributed by atoms with Crippen molar-refractivity contribution < 1.29 is 8.42 Å². The van der Waals surface area contributed by atoms with Gasteiger partial charge in [-0.1, -0.05) is 36.4 Å². The minimum Gasteiger partial charge on any atom is -0.224 e. The Kier molecular flexibility index (Phi) is 6.15. The van der Waals surface area contributed by atoms with Crippen LogP contribution in [0.15, 0.2) is 70.5 Å². The number of alkyl halides is 1. The molecule has 0 amide bonds. The molecule has 21 heavy (non-hydrogen) atoms. The van der Waals surface area contributed by atoms with Crippen LogP contribution in [0, 0.1) is 0 Å². The lowest BCUT2D eigenvalue weighted by atomic mass is 10.4. The lowest BCUT2D eigenvalue weighted by molar-refractivity contribution is 0.592. The van der Waals surface area contributed by atoms with Crippen LogP contribution in [0.25, 0.3) is 0 Å². The second kappa shape index (κ2) is 7.87. The van der Waals surface area contributed by atoms with E-state index in [4.69, 9.17) is 11.6 Å². The Morgan fingerprint density at radius 3 is 2.14 bits per heavy atom. The van der Waals surface area contributed by atoms with Crippen molar-refractivity contribution in [2.45, 2.75) is 27.3 Å². The van der Waals surface area contributed by atoms with E-state index in [-0.39, 0.29) is 10.5 Å². The third kappa shape index (κ3) is 5.38. The number of halogens is 1. The summed E-state index contributed by atoms with van der Waals surface area (Å²) < 4.78 is 24.1. The SMILES string of the molecule is O=S(=O)(CCCC(Cl)Sc1ccccc1)c1ccccc1. The summed E-state index contributed by atoms with van der Waals surface area (Å²) >= 11 is 7.82. The van der Waals surface area contributed by atoms with Crippen molar-refractivity contribution in [3.63, 3.8) is 0 Å². The number of benzene rings is 2. The van der Waals surface area contributed by atoms with Crippen LogP contribution in [0.1, 0.15) is 12.8 Å². The van der Waals surface area contributed by atoms with Crippen molar-refractivity contribution in [1.29, 1.82) is 0 Å². The number of hydrogen-bond donors (Lipinski definition) is 0. The van der Waals surface area contributed by atoms with Gasteiger partial charge in [-0.2, -0.15) is 0 Å². The summed E-state index contributed by atoms with van der Waals surface area (Å²) in [5.74, 6) is 0.135. The molecule has 0 fully saturated rings. The van der Waals surface area contributed by atoms with E-state index < -0.39 is 9.84 Å². The minimum atomic E-state index is -3.20. The fraction of sp³-hybridized carbons (Fsp3) is 0.250. The molecule has 1 atom stereocenters. The molecule has 0 radical (unpaired) electrons. The quantitative estimate of drug-likeness (QED) is 0.545. The average Bonchev–Trinajstić information content (AvgIpc) is 2.49. The van der Waals surface area contributed by atoms with Crippen LogP contribution in [0.5, 0.6) is 0 Å². The van der Waals surface area contributed by atoms with Gasteiger partial charge in [0.2, 0.25) is 0 Å². The average molecular weight is 341 g/mol. The van der Waals surface area contributed by atoms with Gasteiger partial charge < -0.3 is 0 Å². The van der Waals surface area contributed by atoms with Crippen molar-refractivity contribution in [2.75, 3.05) is 5.75 Å². The standard InChI is InChI=1S/C16H17ClO2S2/c17-16(20-14-8-3-1-4-9-14)12-7-13-21(18,19)15-10-5-2-6-11-15/h1-6,8-11,16H,7,12-13H2. The highest BCUT2D eigenvalue weighted by molar-refractivity contribution is 8.01. The van der Waals surface area contributed by atoms with Gasteiger partial charge in [0.05, 0.1) is 15.4 Å². The molecule has 2 aromatic rings. The largest absolute Gasteiger partial charge is 0.224 e. The number of sulfone groups is 1. The molecule has 0 aliphatic heterocycles. The van der Waals surface area contributed by atoms with Gasteiger partial charge in [-0.3, -0.25) is 0 Å². The van der Waals surface area contributed by atoms with Crippen LogP contribution in [0.2, 0.25) is 0 Å². The molecule has 0 spiro atoms.